The van der Waals surface area contributed by atoms with Gasteiger partial charge in [0.2, 0.25) is 0 Å². The Hall–Kier alpha value is -0.610. The average molecular weight is 172 g/mol. The van der Waals surface area contributed by atoms with Crippen LogP contribution in [0, 0.1) is 5.92 Å². The Kier molecular flexibility index (Phi) is 3.05. The van der Waals surface area contributed by atoms with Crippen LogP contribution < -0.4 is 5.73 Å². The first-order chi connectivity index (χ1) is 5.61. The van der Waals surface area contributed by atoms with Crippen LogP contribution in [0.15, 0.2) is 0 Å². The maximum atomic E-state index is 10.5. The largest absolute Gasteiger partial charge is 0.480 e. The summed E-state index contributed by atoms with van der Waals surface area (Å²) in [5.41, 5.74) is 5.52. The summed E-state index contributed by atoms with van der Waals surface area (Å²) < 4.78 is 0. The molecule has 0 saturated carbocycles. The maximum absolute atomic E-state index is 10.5. The summed E-state index contributed by atoms with van der Waals surface area (Å²) >= 11 is 0. The summed E-state index contributed by atoms with van der Waals surface area (Å²) in [6, 6.07) is -0.668. The minimum Gasteiger partial charge on any atom is -0.480 e. The van der Waals surface area contributed by atoms with Crippen LogP contribution in [0.1, 0.15) is 12.8 Å². The number of hydrogen-bond donors (Lipinski definition) is 2. The smallest absolute Gasteiger partial charge is 0.320 e. The topological polar surface area (TPSA) is 66.6 Å². The van der Waals surface area contributed by atoms with E-state index >= 15 is 0 Å². The number of likely N-dealkylation sites (tertiary alicyclic amines) is 1. The summed E-state index contributed by atoms with van der Waals surface area (Å²) in [4.78, 5) is 12.7. The molecule has 4 heteroatoms. The second-order valence-electron chi connectivity index (χ2n) is 3.50. The van der Waals surface area contributed by atoms with Gasteiger partial charge in [0, 0.05) is 0 Å². The van der Waals surface area contributed by atoms with Crippen molar-refractivity contribution in [2.75, 3.05) is 20.1 Å². The first-order valence-corrected chi connectivity index (χ1v) is 4.28. The summed E-state index contributed by atoms with van der Waals surface area (Å²) in [5.74, 6) is -0.705. The second-order valence-corrected chi connectivity index (χ2v) is 3.50. The van der Waals surface area contributed by atoms with Crippen molar-refractivity contribution in [3.8, 4) is 0 Å². The SMILES string of the molecule is CN1CCC([C@H](N)C(=O)O)CC1. The quantitative estimate of drug-likeness (QED) is 0.602. The lowest BCUT2D eigenvalue weighted by Crippen LogP contribution is -2.43. The molecule has 12 heavy (non-hydrogen) atoms. The molecule has 0 radical (unpaired) electrons. The van der Waals surface area contributed by atoms with Gasteiger partial charge in [0.1, 0.15) is 6.04 Å². The molecule has 0 aliphatic carbocycles. The zero-order chi connectivity index (χ0) is 9.14. The Labute approximate surface area is 72.3 Å². The predicted molar refractivity (Wildman–Crippen MR) is 45.8 cm³/mol. The van der Waals surface area contributed by atoms with Gasteiger partial charge in [0.05, 0.1) is 0 Å². The number of rotatable bonds is 2. The summed E-state index contributed by atoms with van der Waals surface area (Å²) in [6.07, 6.45) is 1.81. The summed E-state index contributed by atoms with van der Waals surface area (Å²) in [6.45, 7) is 1.93. The lowest BCUT2D eigenvalue weighted by atomic mass is 9.90. The number of nitrogens with two attached hydrogens (primary N) is 1. The fourth-order valence-corrected chi connectivity index (χ4v) is 1.59. The van der Waals surface area contributed by atoms with Gasteiger partial charge in [-0.05, 0) is 38.9 Å². The first-order valence-electron chi connectivity index (χ1n) is 4.28. The third-order valence-electron chi connectivity index (χ3n) is 2.56. The fraction of sp³-hybridized carbons (Fsp3) is 0.875. The van der Waals surface area contributed by atoms with Crippen molar-refractivity contribution < 1.29 is 9.90 Å². The molecule has 0 aromatic rings. The summed E-state index contributed by atoms with van der Waals surface area (Å²) in [5, 5.41) is 8.66. The summed E-state index contributed by atoms with van der Waals surface area (Å²) in [7, 11) is 2.04. The minimum absolute atomic E-state index is 0.165. The number of carboxylic acids is 1. The molecule has 0 aromatic carbocycles. The number of hydrogen-bond acceptors (Lipinski definition) is 3. The van der Waals surface area contributed by atoms with Gasteiger partial charge < -0.3 is 15.7 Å². The van der Waals surface area contributed by atoms with Crippen LogP contribution in [0.3, 0.4) is 0 Å². The van der Waals surface area contributed by atoms with Crippen LogP contribution in [0.2, 0.25) is 0 Å². The Morgan fingerprint density at radius 3 is 2.50 bits per heavy atom. The van der Waals surface area contributed by atoms with E-state index in [1.165, 1.54) is 0 Å². The molecule has 0 amide bonds. The van der Waals surface area contributed by atoms with Gasteiger partial charge in [0.15, 0.2) is 0 Å². The molecule has 1 saturated heterocycles. The van der Waals surface area contributed by atoms with Gasteiger partial charge in [-0.2, -0.15) is 0 Å². The van der Waals surface area contributed by atoms with Crippen LogP contribution >= 0.6 is 0 Å². The molecule has 3 N–H and O–H groups in total. The van der Waals surface area contributed by atoms with Gasteiger partial charge in [-0.15, -0.1) is 0 Å². The Morgan fingerprint density at radius 1 is 1.58 bits per heavy atom. The van der Waals surface area contributed by atoms with Crippen molar-refractivity contribution in [2.45, 2.75) is 18.9 Å². The molecule has 0 spiro atoms. The van der Waals surface area contributed by atoms with E-state index in [1.807, 2.05) is 7.05 Å². The molecule has 0 bridgehead atoms. The molecular weight excluding hydrogens is 156 g/mol. The molecule has 4 nitrogen and oxygen atoms in total. The van der Waals surface area contributed by atoms with E-state index in [9.17, 15) is 4.79 Å². The number of aliphatic carboxylic acids is 1. The lowest BCUT2D eigenvalue weighted by molar-refractivity contribution is -0.140. The molecule has 1 atom stereocenters. The highest BCUT2D eigenvalue weighted by Gasteiger charge is 2.26. The van der Waals surface area contributed by atoms with Crippen molar-refractivity contribution >= 4 is 5.97 Å². The highest BCUT2D eigenvalue weighted by Crippen LogP contribution is 2.18. The molecule has 0 aromatic heterocycles. The fourth-order valence-electron chi connectivity index (χ4n) is 1.59. The second kappa shape index (κ2) is 3.87. The van der Waals surface area contributed by atoms with Crippen molar-refractivity contribution in [2.24, 2.45) is 11.7 Å². The molecular formula is C8H16N2O2. The van der Waals surface area contributed by atoms with E-state index in [-0.39, 0.29) is 5.92 Å². The van der Waals surface area contributed by atoms with Crippen LogP contribution in [-0.2, 0) is 4.79 Å². The molecule has 1 heterocycles. The van der Waals surface area contributed by atoms with Crippen molar-refractivity contribution in [1.29, 1.82) is 0 Å². The van der Waals surface area contributed by atoms with E-state index in [2.05, 4.69) is 4.90 Å². The third-order valence-corrected chi connectivity index (χ3v) is 2.56. The van der Waals surface area contributed by atoms with Crippen LogP contribution in [-0.4, -0.2) is 42.2 Å². The lowest BCUT2D eigenvalue weighted by Gasteiger charge is -2.30. The van der Waals surface area contributed by atoms with Crippen LogP contribution in [0.5, 0.6) is 0 Å². The minimum atomic E-state index is -0.871. The van der Waals surface area contributed by atoms with Gasteiger partial charge in [0.25, 0.3) is 0 Å². The molecule has 1 aliphatic heterocycles. The van der Waals surface area contributed by atoms with Gasteiger partial charge in [-0.25, -0.2) is 0 Å². The van der Waals surface area contributed by atoms with E-state index in [0.717, 1.165) is 25.9 Å². The van der Waals surface area contributed by atoms with Crippen molar-refractivity contribution in [3.63, 3.8) is 0 Å². The Bertz CT molecular complexity index is 164. The van der Waals surface area contributed by atoms with E-state index in [4.69, 9.17) is 10.8 Å². The molecule has 1 rings (SSSR count). The Morgan fingerprint density at radius 2 is 2.08 bits per heavy atom. The first kappa shape index (κ1) is 9.48. The Balaban J connectivity index is 2.39. The van der Waals surface area contributed by atoms with Crippen LogP contribution in [0.25, 0.3) is 0 Å². The highest BCUT2D eigenvalue weighted by atomic mass is 16.4. The zero-order valence-corrected chi connectivity index (χ0v) is 7.36. The number of piperidine rings is 1. The van der Waals surface area contributed by atoms with E-state index < -0.39 is 12.0 Å². The molecule has 1 aliphatic rings. The monoisotopic (exact) mass is 172 g/mol. The average Bonchev–Trinajstić information content (AvgIpc) is 2.04. The number of carboxylic acid groups (broad SMARTS) is 1. The molecule has 70 valence electrons. The standard InChI is InChI=1S/C8H16N2O2/c1-10-4-2-6(3-5-10)7(9)8(11)12/h6-7H,2-5,9H2,1H3,(H,11,12)/t7-/m0/s1. The highest BCUT2D eigenvalue weighted by molar-refractivity contribution is 5.73. The molecule has 1 fully saturated rings. The van der Waals surface area contributed by atoms with Gasteiger partial charge in [-0.3, -0.25) is 4.79 Å². The normalized spacial score (nSPS) is 23.8. The van der Waals surface area contributed by atoms with Gasteiger partial charge >= 0.3 is 5.97 Å². The number of carbonyl (C=O) groups is 1. The van der Waals surface area contributed by atoms with E-state index in [1.54, 1.807) is 0 Å². The van der Waals surface area contributed by atoms with Crippen LogP contribution in [0.4, 0.5) is 0 Å². The predicted octanol–water partition coefficient (Wildman–Crippen LogP) is -0.260. The van der Waals surface area contributed by atoms with Crippen molar-refractivity contribution in [3.05, 3.63) is 0 Å². The number of nitrogens with zero attached hydrogens (tertiary/aromatic N) is 1. The third kappa shape index (κ3) is 2.19. The van der Waals surface area contributed by atoms with Gasteiger partial charge in [-0.1, -0.05) is 0 Å². The van der Waals surface area contributed by atoms with Crippen molar-refractivity contribution in [1.82, 2.24) is 4.90 Å². The molecule has 0 unspecified atom stereocenters. The zero-order valence-electron chi connectivity index (χ0n) is 7.36. The van der Waals surface area contributed by atoms with E-state index in [0.29, 0.717) is 0 Å². The maximum Gasteiger partial charge on any atom is 0.320 e.